The van der Waals surface area contributed by atoms with Crippen LogP contribution in [0.4, 0.5) is 11.4 Å². The van der Waals surface area contributed by atoms with Crippen molar-refractivity contribution in [3.05, 3.63) is 90.5 Å². The Morgan fingerprint density at radius 3 is 2.10 bits per heavy atom. The summed E-state index contributed by atoms with van der Waals surface area (Å²) in [6, 6.07) is 25.8. The molecule has 3 aromatic rings. The van der Waals surface area contributed by atoms with Crippen LogP contribution in [0.15, 0.2) is 84.9 Å². The predicted octanol–water partition coefficient (Wildman–Crippen LogP) is 5.15. The van der Waals surface area contributed by atoms with Gasteiger partial charge in [0.05, 0.1) is 11.3 Å². The molecule has 0 radical (unpaired) electrons. The zero-order chi connectivity index (χ0) is 21.3. The van der Waals surface area contributed by atoms with Gasteiger partial charge in [0, 0.05) is 12.2 Å². The Hall–Kier alpha value is -3.60. The SMILES string of the molecule is CCC(Oc1ccccc1)C(=O)Nc1ccccc1C(=O)N(CC)c1ccccc1. The average Bonchev–Trinajstić information content (AvgIpc) is 2.79. The van der Waals surface area contributed by atoms with Gasteiger partial charge in [0.2, 0.25) is 0 Å². The Morgan fingerprint density at radius 1 is 0.867 bits per heavy atom. The predicted molar refractivity (Wildman–Crippen MR) is 120 cm³/mol. The molecule has 154 valence electrons. The lowest BCUT2D eigenvalue weighted by Crippen LogP contribution is -2.34. The highest BCUT2D eigenvalue weighted by Crippen LogP contribution is 2.22. The number of anilines is 2. The molecule has 0 bridgehead atoms. The maximum atomic E-state index is 13.3. The van der Waals surface area contributed by atoms with Crippen LogP contribution in [0.25, 0.3) is 0 Å². The number of nitrogens with zero attached hydrogens (tertiary/aromatic N) is 1. The number of carbonyl (C=O) groups excluding carboxylic acids is 2. The van der Waals surface area contributed by atoms with Crippen LogP contribution in [-0.2, 0) is 4.79 Å². The topological polar surface area (TPSA) is 58.6 Å². The maximum absolute atomic E-state index is 13.3. The number of para-hydroxylation sites is 3. The molecule has 0 spiro atoms. The summed E-state index contributed by atoms with van der Waals surface area (Å²) in [5.74, 6) is 0.172. The van der Waals surface area contributed by atoms with E-state index in [1.54, 1.807) is 29.2 Å². The van der Waals surface area contributed by atoms with Gasteiger partial charge in [0.25, 0.3) is 11.8 Å². The molecule has 1 atom stereocenters. The molecule has 5 heteroatoms. The van der Waals surface area contributed by atoms with Gasteiger partial charge in [-0.2, -0.15) is 0 Å². The number of nitrogens with one attached hydrogen (secondary N) is 1. The van der Waals surface area contributed by atoms with Crippen LogP contribution >= 0.6 is 0 Å². The largest absolute Gasteiger partial charge is 0.481 e. The van der Waals surface area contributed by atoms with Gasteiger partial charge < -0.3 is 15.0 Å². The number of benzene rings is 3. The molecular weight excluding hydrogens is 376 g/mol. The summed E-state index contributed by atoms with van der Waals surface area (Å²) >= 11 is 0. The minimum Gasteiger partial charge on any atom is -0.481 e. The van der Waals surface area contributed by atoms with Crippen molar-refractivity contribution < 1.29 is 14.3 Å². The van der Waals surface area contributed by atoms with Gasteiger partial charge in [0.15, 0.2) is 6.10 Å². The molecule has 2 amide bonds. The van der Waals surface area contributed by atoms with E-state index in [2.05, 4.69) is 5.32 Å². The van der Waals surface area contributed by atoms with E-state index in [0.29, 0.717) is 30.0 Å². The quantitative estimate of drug-likeness (QED) is 0.567. The van der Waals surface area contributed by atoms with Gasteiger partial charge in [-0.3, -0.25) is 9.59 Å². The highest BCUT2D eigenvalue weighted by atomic mass is 16.5. The molecule has 0 saturated carbocycles. The van der Waals surface area contributed by atoms with E-state index >= 15 is 0 Å². The van der Waals surface area contributed by atoms with Crippen LogP contribution in [0.1, 0.15) is 30.6 Å². The fraction of sp³-hybridized carbons (Fsp3) is 0.200. The van der Waals surface area contributed by atoms with Crippen LogP contribution in [0.3, 0.4) is 0 Å². The van der Waals surface area contributed by atoms with E-state index in [4.69, 9.17) is 4.74 Å². The first kappa shape index (κ1) is 21.1. The first-order chi connectivity index (χ1) is 14.6. The normalized spacial score (nSPS) is 11.4. The summed E-state index contributed by atoms with van der Waals surface area (Å²) in [6.07, 6.45) is -0.158. The third-order valence-corrected chi connectivity index (χ3v) is 4.73. The number of hydrogen-bond donors (Lipinski definition) is 1. The molecule has 1 N–H and O–H groups in total. The van der Waals surface area contributed by atoms with Crippen molar-refractivity contribution >= 4 is 23.2 Å². The highest BCUT2D eigenvalue weighted by Gasteiger charge is 2.23. The molecule has 0 heterocycles. The van der Waals surface area contributed by atoms with Gasteiger partial charge in [-0.15, -0.1) is 0 Å². The molecule has 3 aromatic carbocycles. The van der Waals surface area contributed by atoms with E-state index < -0.39 is 6.10 Å². The Bertz CT molecular complexity index is 974. The first-order valence-electron chi connectivity index (χ1n) is 10.1. The van der Waals surface area contributed by atoms with Crippen molar-refractivity contribution in [3.8, 4) is 5.75 Å². The molecule has 0 aliphatic carbocycles. The summed E-state index contributed by atoms with van der Waals surface area (Å²) < 4.78 is 5.83. The van der Waals surface area contributed by atoms with Crippen molar-refractivity contribution in [1.29, 1.82) is 0 Å². The Balaban J connectivity index is 1.80. The van der Waals surface area contributed by atoms with Crippen LogP contribution in [-0.4, -0.2) is 24.5 Å². The summed E-state index contributed by atoms with van der Waals surface area (Å²) in [5.41, 5.74) is 1.72. The molecule has 30 heavy (non-hydrogen) atoms. The van der Waals surface area contributed by atoms with Gasteiger partial charge in [-0.25, -0.2) is 0 Å². The second-order valence-corrected chi connectivity index (χ2v) is 6.75. The standard InChI is InChI=1S/C25H26N2O3/c1-3-23(30-20-15-9-6-10-16-20)24(28)26-22-18-12-11-17-21(22)25(29)27(4-2)19-13-7-5-8-14-19/h5-18,23H,3-4H2,1-2H3,(H,26,28). The van der Waals surface area contributed by atoms with Crippen molar-refractivity contribution in [2.24, 2.45) is 0 Å². The second kappa shape index (κ2) is 10.3. The fourth-order valence-electron chi connectivity index (χ4n) is 3.17. The Labute approximate surface area is 177 Å². The van der Waals surface area contributed by atoms with E-state index in [-0.39, 0.29) is 11.8 Å². The van der Waals surface area contributed by atoms with Crippen LogP contribution in [0, 0.1) is 0 Å². The van der Waals surface area contributed by atoms with Crippen molar-refractivity contribution in [1.82, 2.24) is 0 Å². The number of carbonyl (C=O) groups is 2. The minimum atomic E-state index is -0.660. The highest BCUT2D eigenvalue weighted by molar-refractivity contribution is 6.11. The Kier molecular flexibility index (Phi) is 7.22. The number of ether oxygens (including phenoxy) is 1. The number of rotatable bonds is 8. The smallest absolute Gasteiger partial charge is 0.265 e. The van der Waals surface area contributed by atoms with Crippen molar-refractivity contribution in [2.45, 2.75) is 26.4 Å². The van der Waals surface area contributed by atoms with E-state index in [1.165, 1.54) is 0 Å². The molecule has 0 saturated heterocycles. The van der Waals surface area contributed by atoms with Gasteiger partial charge in [-0.05, 0) is 49.7 Å². The molecule has 1 unspecified atom stereocenters. The zero-order valence-corrected chi connectivity index (χ0v) is 17.2. The lowest BCUT2D eigenvalue weighted by molar-refractivity contribution is -0.122. The second-order valence-electron chi connectivity index (χ2n) is 6.75. The summed E-state index contributed by atoms with van der Waals surface area (Å²) in [4.78, 5) is 27.8. The van der Waals surface area contributed by atoms with E-state index in [1.807, 2.05) is 74.5 Å². The van der Waals surface area contributed by atoms with Gasteiger partial charge in [-0.1, -0.05) is 55.5 Å². The molecule has 0 aliphatic rings. The molecule has 5 nitrogen and oxygen atoms in total. The molecule has 0 fully saturated rings. The first-order valence-corrected chi connectivity index (χ1v) is 10.1. The van der Waals surface area contributed by atoms with E-state index in [9.17, 15) is 9.59 Å². The zero-order valence-electron chi connectivity index (χ0n) is 17.2. The number of amides is 2. The third-order valence-electron chi connectivity index (χ3n) is 4.73. The molecule has 0 aromatic heterocycles. The van der Waals surface area contributed by atoms with Crippen LogP contribution in [0.5, 0.6) is 5.75 Å². The van der Waals surface area contributed by atoms with Crippen LogP contribution in [0.2, 0.25) is 0 Å². The average molecular weight is 402 g/mol. The minimum absolute atomic E-state index is 0.170. The van der Waals surface area contributed by atoms with E-state index in [0.717, 1.165) is 5.69 Å². The summed E-state index contributed by atoms with van der Waals surface area (Å²) in [5, 5.41) is 2.88. The molecule has 3 rings (SSSR count). The van der Waals surface area contributed by atoms with Crippen molar-refractivity contribution in [3.63, 3.8) is 0 Å². The van der Waals surface area contributed by atoms with Gasteiger partial charge >= 0.3 is 0 Å². The lowest BCUT2D eigenvalue weighted by atomic mass is 10.1. The fourth-order valence-corrected chi connectivity index (χ4v) is 3.17. The summed E-state index contributed by atoms with van der Waals surface area (Å²) in [7, 11) is 0. The molecular formula is C25H26N2O3. The lowest BCUT2D eigenvalue weighted by Gasteiger charge is -2.23. The van der Waals surface area contributed by atoms with Gasteiger partial charge in [0.1, 0.15) is 5.75 Å². The Morgan fingerprint density at radius 2 is 1.47 bits per heavy atom. The summed E-state index contributed by atoms with van der Waals surface area (Å²) in [6.45, 7) is 4.32. The maximum Gasteiger partial charge on any atom is 0.265 e. The number of hydrogen-bond acceptors (Lipinski definition) is 3. The van der Waals surface area contributed by atoms with Crippen molar-refractivity contribution in [2.75, 3.05) is 16.8 Å². The monoisotopic (exact) mass is 402 g/mol. The third kappa shape index (κ3) is 5.06. The molecule has 0 aliphatic heterocycles. The van der Waals surface area contributed by atoms with Crippen LogP contribution < -0.4 is 15.0 Å².